The van der Waals surface area contributed by atoms with Gasteiger partial charge in [-0.25, -0.2) is 9.67 Å². The van der Waals surface area contributed by atoms with Gasteiger partial charge in [0.2, 0.25) is 0 Å². The molecule has 0 saturated heterocycles. The molecule has 0 atom stereocenters. The van der Waals surface area contributed by atoms with Crippen molar-refractivity contribution in [1.82, 2.24) is 19.3 Å². The Morgan fingerprint density at radius 3 is 2.41 bits per heavy atom. The zero-order valence-corrected chi connectivity index (χ0v) is 14.9. The first-order chi connectivity index (χ1) is 13.3. The van der Waals surface area contributed by atoms with Gasteiger partial charge in [-0.15, -0.1) is 0 Å². The molecule has 0 aliphatic heterocycles. The molecule has 0 spiro atoms. The van der Waals surface area contributed by atoms with E-state index in [0.717, 1.165) is 33.7 Å². The van der Waals surface area contributed by atoms with E-state index in [4.69, 9.17) is 0 Å². The molecule has 0 radical (unpaired) electrons. The first kappa shape index (κ1) is 15.6. The topological polar surface area (TPSA) is 35.6 Å². The highest BCUT2D eigenvalue weighted by Crippen LogP contribution is 2.27. The summed E-state index contributed by atoms with van der Waals surface area (Å²) in [7, 11) is 0. The van der Waals surface area contributed by atoms with E-state index in [-0.39, 0.29) is 0 Å². The predicted octanol–water partition coefficient (Wildman–Crippen LogP) is 5.19. The Labute approximate surface area is 157 Å². The van der Waals surface area contributed by atoms with Crippen molar-refractivity contribution in [3.63, 3.8) is 0 Å². The maximum absolute atomic E-state index is 4.56. The molecule has 0 N–H and O–H groups in total. The van der Waals surface area contributed by atoms with E-state index in [1.54, 1.807) is 0 Å². The van der Waals surface area contributed by atoms with Crippen LogP contribution in [0.5, 0.6) is 0 Å². The van der Waals surface area contributed by atoms with E-state index in [2.05, 4.69) is 76.2 Å². The van der Waals surface area contributed by atoms with Gasteiger partial charge < -0.3 is 0 Å². The van der Waals surface area contributed by atoms with Crippen LogP contribution in [0, 0.1) is 6.92 Å². The highest BCUT2D eigenvalue weighted by molar-refractivity contribution is 5.83. The molecular weight excluding hydrogens is 332 g/mol. The minimum Gasteiger partial charge on any atom is -0.299 e. The lowest BCUT2D eigenvalue weighted by Gasteiger charge is -2.09. The average Bonchev–Trinajstić information content (AvgIpc) is 3.36. The third-order valence-corrected chi connectivity index (χ3v) is 4.80. The number of imidazole rings is 1. The van der Waals surface area contributed by atoms with Crippen molar-refractivity contribution in [2.24, 2.45) is 0 Å². The normalized spacial score (nSPS) is 11.1. The standard InChI is InChI=1S/C23H18N4/c1-17-7-10-19(11-8-17)26-16-24-21-12-9-18(15-23(21)26)22-13-14-25-27(22)20-5-3-2-4-6-20/h2-16H,1H3. The summed E-state index contributed by atoms with van der Waals surface area (Å²) in [6.45, 7) is 2.10. The van der Waals surface area contributed by atoms with Crippen molar-refractivity contribution >= 4 is 11.0 Å². The van der Waals surface area contributed by atoms with Gasteiger partial charge in [0.1, 0.15) is 6.33 Å². The summed E-state index contributed by atoms with van der Waals surface area (Å²) in [4.78, 5) is 4.56. The summed E-state index contributed by atoms with van der Waals surface area (Å²) >= 11 is 0. The van der Waals surface area contributed by atoms with Gasteiger partial charge in [-0.3, -0.25) is 4.57 Å². The summed E-state index contributed by atoms with van der Waals surface area (Å²) in [5.41, 5.74) is 7.62. The zero-order valence-electron chi connectivity index (χ0n) is 14.9. The molecule has 0 unspecified atom stereocenters. The van der Waals surface area contributed by atoms with Crippen LogP contribution in [0.4, 0.5) is 0 Å². The summed E-state index contributed by atoms with van der Waals surface area (Å²) < 4.78 is 4.09. The molecule has 2 aromatic heterocycles. The van der Waals surface area contributed by atoms with Crippen LogP contribution in [0.3, 0.4) is 0 Å². The van der Waals surface area contributed by atoms with Crippen LogP contribution >= 0.6 is 0 Å². The fraction of sp³-hybridized carbons (Fsp3) is 0.0435. The van der Waals surface area contributed by atoms with Crippen LogP contribution in [0.1, 0.15) is 5.56 Å². The molecule has 0 fully saturated rings. The maximum Gasteiger partial charge on any atom is 0.100 e. The van der Waals surface area contributed by atoms with Crippen LogP contribution in [0.2, 0.25) is 0 Å². The smallest absolute Gasteiger partial charge is 0.100 e. The maximum atomic E-state index is 4.56. The Morgan fingerprint density at radius 2 is 1.59 bits per heavy atom. The third kappa shape index (κ3) is 2.72. The summed E-state index contributed by atoms with van der Waals surface area (Å²) in [6.07, 6.45) is 3.72. The van der Waals surface area contributed by atoms with Gasteiger partial charge in [0.15, 0.2) is 0 Å². The van der Waals surface area contributed by atoms with Crippen LogP contribution < -0.4 is 0 Å². The number of hydrogen-bond donors (Lipinski definition) is 0. The molecule has 0 saturated carbocycles. The van der Waals surface area contributed by atoms with Crippen molar-refractivity contribution in [2.75, 3.05) is 0 Å². The van der Waals surface area contributed by atoms with E-state index in [9.17, 15) is 0 Å². The van der Waals surface area contributed by atoms with Crippen LogP contribution in [0.25, 0.3) is 33.7 Å². The van der Waals surface area contributed by atoms with Crippen molar-refractivity contribution in [2.45, 2.75) is 6.92 Å². The molecular formula is C23H18N4. The minimum absolute atomic E-state index is 0.977. The highest BCUT2D eigenvalue weighted by atomic mass is 15.3. The predicted molar refractivity (Wildman–Crippen MR) is 108 cm³/mol. The van der Waals surface area contributed by atoms with Crippen LogP contribution in [-0.4, -0.2) is 19.3 Å². The van der Waals surface area contributed by atoms with E-state index in [1.165, 1.54) is 5.56 Å². The second kappa shape index (κ2) is 6.25. The molecule has 4 heteroatoms. The largest absolute Gasteiger partial charge is 0.299 e. The quantitative estimate of drug-likeness (QED) is 0.449. The van der Waals surface area contributed by atoms with Crippen LogP contribution in [0.15, 0.2) is 91.4 Å². The van der Waals surface area contributed by atoms with Gasteiger partial charge in [0, 0.05) is 11.3 Å². The number of nitrogens with zero attached hydrogens (tertiary/aromatic N) is 4. The molecule has 27 heavy (non-hydrogen) atoms. The first-order valence-electron chi connectivity index (χ1n) is 8.93. The van der Waals surface area contributed by atoms with Crippen LogP contribution in [-0.2, 0) is 0 Å². The Balaban J connectivity index is 1.65. The molecule has 5 aromatic rings. The average molecular weight is 350 g/mol. The molecule has 130 valence electrons. The SMILES string of the molecule is Cc1ccc(-n2cnc3ccc(-c4ccnn4-c4ccccc4)cc32)cc1. The molecule has 0 bridgehead atoms. The monoisotopic (exact) mass is 350 g/mol. The van der Waals surface area contributed by atoms with E-state index in [0.29, 0.717) is 0 Å². The molecule has 3 aromatic carbocycles. The van der Waals surface area contributed by atoms with E-state index in [1.807, 2.05) is 41.5 Å². The van der Waals surface area contributed by atoms with Gasteiger partial charge in [0.25, 0.3) is 0 Å². The summed E-state index contributed by atoms with van der Waals surface area (Å²) in [5.74, 6) is 0. The van der Waals surface area contributed by atoms with Gasteiger partial charge >= 0.3 is 0 Å². The zero-order chi connectivity index (χ0) is 18.2. The number of rotatable bonds is 3. The number of aromatic nitrogens is 4. The number of fused-ring (bicyclic) bond motifs is 1. The second-order valence-corrected chi connectivity index (χ2v) is 6.62. The fourth-order valence-corrected chi connectivity index (χ4v) is 3.38. The van der Waals surface area contributed by atoms with E-state index >= 15 is 0 Å². The number of para-hydroxylation sites is 1. The second-order valence-electron chi connectivity index (χ2n) is 6.62. The lowest BCUT2D eigenvalue weighted by atomic mass is 10.1. The Kier molecular flexibility index (Phi) is 3.61. The lowest BCUT2D eigenvalue weighted by molar-refractivity contribution is 0.888. The Hall–Kier alpha value is -3.66. The van der Waals surface area contributed by atoms with Crippen molar-refractivity contribution in [3.8, 4) is 22.6 Å². The molecule has 0 amide bonds. The minimum atomic E-state index is 0.977. The van der Waals surface area contributed by atoms with Gasteiger partial charge in [0.05, 0.1) is 28.6 Å². The molecule has 4 nitrogen and oxygen atoms in total. The summed E-state index contributed by atoms with van der Waals surface area (Å²) in [5, 5.41) is 4.52. The number of benzene rings is 3. The van der Waals surface area contributed by atoms with Gasteiger partial charge in [-0.05, 0) is 49.4 Å². The Bertz CT molecular complexity index is 1210. The summed E-state index contributed by atoms with van der Waals surface area (Å²) in [6, 6.07) is 27.1. The third-order valence-electron chi connectivity index (χ3n) is 4.80. The Morgan fingerprint density at radius 1 is 0.778 bits per heavy atom. The first-order valence-corrected chi connectivity index (χ1v) is 8.93. The molecule has 5 rings (SSSR count). The van der Waals surface area contributed by atoms with Gasteiger partial charge in [-0.1, -0.05) is 42.0 Å². The molecule has 0 aliphatic carbocycles. The lowest BCUT2D eigenvalue weighted by Crippen LogP contribution is -1.98. The van der Waals surface area contributed by atoms with E-state index < -0.39 is 0 Å². The fourth-order valence-electron chi connectivity index (χ4n) is 3.38. The van der Waals surface area contributed by atoms with Crippen molar-refractivity contribution < 1.29 is 0 Å². The highest BCUT2D eigenvalue weighted by Gasteiger charge is 2.11. The van der Waals surface area contributed by atoms with Crippen molar-refractivity contribution in [3.05, 3.63) is 97.0 Å². The number of hydrogen-bond acceptors (Lipinski definition) is 2. The van der Waals surface area contributed by atoms with Crippen molar-refractivity contribution in [1.29, 1.82) is 0 Å². The molecule has 2 heterocycles. The number of aryl methyl sites for hydroxylation is 1. The van der Waals surface area contributed by atoms with Gasteiger partial charge in [-0.2, -0.15) is 5.10 Å². The molecule has 0 aliphatic rings.